The number of guanidine groups is 1. The van der Waals surface area contributed by atoms with Gasteiger partial charge in [-0.1, -0.05) is 55.5 Å². The molecule has 12 heteroatoms. The molecule has 1 atom stereocenters. The molecule has 1 heterocycles. The zero-order valence-corrected chi connectivity index (χ0v) is 26.8. The van der Waals surface area contributed by atoms with Crippen molar-refractivity contribution < 1.29 is 23.7 Å². The fraction of sp³-hybridized carbons (Fsp3) is 0.353. The minimum Gasteiger partial charge on any atom is -0.497 e. The second-order valence-corrected chi connectivity index (χ2v) is 11.1. The Morgan fingerprint density at radius 3 is 2.15 bits per heavy atom. The molecule has 0 aliphatic carbocycles. The van der Waals surface area contributed by atoms with Crippen LogP contribution in [0.1, 0.15) is 44.8 Å². The Morgan fingerprint density at radius 1 is 0.913 bits per heavy atom. The van der Waals surface area contributed by atoms with Crippen molar-refractivity contribution in [3.05, 3.63) is 78.6 Å². The van der Waals surface area contributed by atoms with Gasteiger partial charge in [-0.2, -0.15) is 0 Å². The van der Waals surface area contributed by atoms with Crippen LogP contribution in [0.2, 0.25) is 0 Å². The minimum absolute atomic E-state index is 0.00491. The number of nitrogens with one attached hydrogen (secondary N) is 1. The summed E-state index contributed by atoms with van der Waals surface area (Å²) in [5.41, 5.74) is 13.9. The molecule has 244 valence electrons. The Kier molecular flexibility index (Phi) is 12.2. The molecule has 46 heavy (non-hydrogen) atoms. The second kappa shape index (κ2) is 16.7. The lowest BCUT2D eigenvalue weighted by atomic mass is 10.0. The smallest absolute Gasteiger partial charge is 0.249 e. The third kappa shape index (κ3) is 9.62. The number of amides is 1. The first kappa shape index (κ1) is 33.6. The number of benzene rings is 3. The number of ether oxygens (including phenoxy) is 4. The van der Waals surface area contributed by atoms with Crippen molar-refractivity contribution >= 4 is 17.6 Å². The Hall–Kier alpha value is -5.26. The van der Waals surface area contributed by atoms with E-state index in [1.165, 1.54) is 4.68 Å². The molecule has 12 nitrogen and oxygen atoms in total. The maximum absolute atomic E-state index is 13.6. The zero-order valence-electron chi connectivity index (χ0n) is 26.8. The second-order valence-electron chi connectivity index (χ2n) is 11.1. The molecule has 4 rings (SSSR count). The van der Waals surface area contributed by atoms with E-state index in [0.29, 0.717) is 60.5 Å². The highest BCUT2D eigenvalue weighted by Gasteiger charge is 2.23. The van der Waals surface area contributed by atoms with Crippen molar-refractivity contribution in [3.8, 4) is 34.1 Å². The molecular weight excluding hydrogens is 586 g/mol. The molecular formula is C34H43N7O5. The summed E-state index contributed by atoms with van der Waals surface area (Å²) < 4.78 is 24.6. The molecule has 1 amide bonds. The fourth-order valence-electron chi connectivity index (χ4n) is 4.70. The van der Waals surface area contributed by atoms with Gasteiger partial charge in [-0.05, 0) is 37.3 Å². The molecule has 0 bridgehead atoms. The monoisotopic (exact) mass is 629 g/mol. The minimum atomic E-state index is -0.699. The summed E-state index contributed by atoms with van der Waals surface area (Å²) in [5, 5.41) is 11.5. The van der Waals surface area contributed by atoms with Gasteiger partial charge in [-0.25, -0.2) is 4.68 Å². The molecule has 0 radical (unpaired) electrons. The van der Waals surface area contributed by atoms with Crippen LogP contribution in [0.15, 0.2) is 77.9 Å². The van der Waals surface area contributed by atoms with Crippen molar-refractivity contribution in [2.24, 2.45) is 22.4 Å². The van der Waals surface area contributed by atoms with Crippen molar-refractivity contribution in [2.75, 3.05) is 32.7 Å². The van der Waals surface area contributed by atoms with Gasteiger partial charge < -0.3 is 35.7 Å². The van der Waals surface area contributed by atoms with Gasteiger partial charge in [0.2, 0.25) is 5.91 Å². The number of hydrogen-bond donors (Lipinski definition) is 3. The van der Waals surface area contributed by atoms with Crippen LogP contribution in [0.4, 0.5) is 5.69 Å². The summed E-state index contributed by atoms with van der Waals surface area (Å²) in [6, 6.07) is 20.2. The molecule has 3 aromatic carbocycles. The molecule has 1 aromatic heterocycles. The van der Waals surface area contributed by atoms with Crippen molar-refractivity contribution in [1.82, 2.24) is 15.0 Å². The third-order valence-corrected chi connectivity index (χ3v) is 7.12. The number of methoxy groups -OCH3 is 2. The van der Waals surface area contributed by atoms with Crippen LogP contribution >= 0.6 is 0 Å². The molecule has 5 N–H and O–H groups in total. The average Bonchev–Trinajstić information content (AvgIpc) is 3.52. The molecule has 0 saturated carbocycles. The lowest BCUT2D eigenvalue weighted by molar-refractivity contribution is -0.119. The van der Waals surface area contributed by atoms with Gasteiger partial charge in [-0.15, -0.1) is 5.10 Å². The lowest BCUT2D eigenvalue weighted by Gasteiger charge is -2.17. The Labute approximate surface area is 269 Å². The van der Waals surface area contributed by atoms with Crippen LogP contribution in [0.5, 0.6) is 23.0 Å². The SMILES string of the molecule is COc1cc(NC(=O)[C@@H](CCCN=C(N)N)n2cc(COc3ccccc3-c3ccccc3OCCC(C)C)nn2)cc(OC)c1. The van der Waals surface area contributed by atoms with Gasteiger partial charge in [-0.3, -0.25) is 9.79 Å². The van der Waals surface area contributed by atoms with E-state index in [0.717, 1.165) is 23.3 Å². The summed E-state index contributed by atoms with van der Waals surface area (Å²) in [6.07, 6.45) is 3.62. The van der Waals surface area contributed by atoms with Gasteiger partial charge >= 0.3 is 0 Å². The van der Waals surface area contributed by atoms with E-state index in [1.54, 1.807) is 38.6 Å². The number of aliphatic imine (C=N–C) groups is 1. The zero-order chi connectivity index (χ0) is 32.9. The number of rotatable bonds is 17. The normalized spacial score (nSPS) is 11.5. The summed E-state index contributed by atoms with van der Waals surface area (Å²) >= 11 is 0. The number of aromatic nitrogens is 3. The topological polar surface area (TPSA) is 161 Å². The van der Waals surface area contributed by atoms with Gasteiger partial charge in [0.1, 0.15) is 41.3 Å². The average molecular weight is 630 g/mol. The molecule has 0 aliphatic heterocycles. The van der Waals surface area contributed by atoms with Crippen LogP contribution in [0.3, 0.4) is 0 Å². The molecule has 0 aliphatic rings. The number of hydrogen-bond acceptors (Lipinski definition) is 8. The molecule has 0 spiro atoms. The quantitative estimate of drug-likeness (QED) is 0.0810. The summed E-state index contributed by atoms with van der Waals surface area (Å²) in [4.78, 5) is 17.6. The summed E-state index contributed by atoms with van der Waals surface area (Å²) in [5.74, 6) is 2.81. The highest BCUT2D eigenvalue weighted by atomic mass is 16.5. The summed E-state index contributed by atoms with van der Waals surface area (Å²) in [6.45, 7) is 5.49. The third-order valence-electron chi connectivity index (χ3n) is 7.12. The first-order valence-corrected chi connectivity index (χ1v) is 15.2. The van der Waals surface area contributed by atoms with Crippen LogP contribution in [0, 0.1) is 5.92 Å². The van der Waals surface area contributed by atoms with E-state index in [-0.39, 0.29) is 18.5 Å². The first-order chi connectivity index (χ1) is 22.3. The number of carbonyl (C=O) groups excluding carboxylic acids is 1. The molecule has 4 aromatic rings. The number of para-hydroxylation sites is 2. The standard InChI is InChI=1S/C34H43N7O5/c1-23(2)15-17-45-31-13-7-5-10-28(31)29-11-6-8-14-32(29)46-22-25-21-41(40-39-25)30(12-9-16-37-34(35)36)33(42)38-24-18-26(43-3)20-27(19-24)44-4/h5-8,10-11,13-14,18-21,23,30H,9,12,15-17,22H2,1-4H3,(H,38,42)(H4,35,36,37)/t30-/m1/s1. The Bertz CT molecular complexity index is 1580. The predicted octanol–water partition coefficient (Wildman–Crippen LogP) is 5.20. The first-order valence-electron chi connectivity index (χ1n) is 15.2. The van der Waals surface area contributed by atoms with E-state index in [9.17, 15) is 4.79 Å². The Balaban J connectivity index is 1.51. The lowest BCUT2D eigenvalue weighted by Crippen LogP contribution is -2.27. The van der Waals surface area contributed by atoms with Crippen molar-refractivity contribution in [1.29, 1.82) is 0 Å². The van der Waals surface area contributed by atoms with Crippen molar-refractivity contribution in [2.45, 2.75) is 45.8 Å². The molecule has 0 unspecified atom stereocenters. The highest BCUT2D eigenvalue weighted by molar-refractivity contribution is 5.94. The van der Waals surface area contributed by atoms with Gasteiger partial charge in [0, 0.05) is 41.6 Å². The maximum Gasteiger partial charge on any atom is 0.249 e. The van der Waals surface area contributed by atoms with E-state index in [4.69, 9.17) is 30.4 Å². The molecule has 0 saturated heterocycles. The number of nitrogens with two attached hydrogens (primary N) is 2. The van der Waals surface area contributed by atoms with Crippen LogP contribution in [-0.4, -0.2) is 54.2 Å². The van der Waals surface area contributed by atoms with E-state index in [1.807, 2.05) is 48.5 Å². The van der Waals surface area contributed by atoms with Gasteiger partial charge in [0.15, 0.2) is 5.96 Å². The van der Waals surface area contributed by atoms with E-state index >= 15 is 0 Å². The predicted molar refractivity (Wildman–Crippen MR) is 178 cm³/mol. The highest BCUT2D eigenvalue weighted by Crippen LogP contribution is 2.37. The Morgan fingerprint density at radius 2 is 1.54 bits per heavy atom. The van der Waals surface area contributed by atoms with Crippen LogP contribution in [-0.2, 0) is 11.4 Å². The van der Waals surface area contributed by atoms with Gasteiger partial charge in [0.25, 0.3) is 0 Å². The van der Waals surface area contributed by atoms with E-state index < -0.39 is 6.04 Å². The van der Waals surface area contributed by atoms with Crippen LogP contribution in [0.25, 0.3) is 11.1 Å². The summed E-state index contributed by atoms with van der Waals surface area (Å²) in [7, 11) is 3.09. The largest absolute Gasteiger partial charge is 0.497 e. The fourth-order valence-corrected chi connectivity index (χ4v) is 4.70. The maximum atomic E-state index is 13.6. The number of anilines is 1. The molecule has 0 fully saturated rings. The number of carbonyl (C=O) groups is 1. The van der Waals surface area contributed by atoms with Crippen LogP contribution < -0.4 is 35.7 Å². The van der Waals surface area contributed by atoms with Crippen molar-refractivity contribution in [3.63, 3.8) is 0 Å². The number of nitrogens with zero attached hydrogens (tertiary/aromatic N) is 4. The van der Waals surface area contributed by atoms with Gasteiger partial charge in [0.05, 0.1) is 27.0 Å². The van der Waals surface area contributed by atoms with E-state index in [2.05, 4.69) is 34.5 Å².